The quantitative estimate of drug-likeness (QED) is 0.317. The zero-order valence-corrected chi connectivity index (χ0v) is 5.60. The van der Waals surface area contributed by atoms with Crippen molar-refractivity contribution in [1.29, 1.82) is 0 Å². The summed E-state index contributed by atoms with van der Waals surface area (Å²) in [6.07, 6.45) is 2.56. The minimum absolute atomic E-state index is 0.192. The highest BCUT2D eigenvalue weighted by Gasteiger charge is 2.09. The Balaban J connectivity index is 2.96. The molecule has 3 N–H and O–H groups in total. The second kappa shape index (κ2) is 2.98. The van der Waals surface area contributed by atoms with E-state index in [1.54, 1.807) is 0 Å². The van der Waals surface area contributed by atoms with Gasteiger partial charge in [0.05, 0.1) is 0 Å². The van der Waals surface area contributed by atoms with Crippen molar-refractivity contribution >= 4 is 5.97 Å². The number of aromatic nitrogens is 1. The molecule has 0 aliphatic carbocycles. The second-order valence-corrected chi connectivity index (χ2v) is 1.88. The number of carbonyl (C=O) groups is 1. The third-order valence-corrected chi connectivity index (χ3v) is 1.13. The summed E-state index contributed by atoms with van der Waals surface area (Å²) in [5.74, 6) is 3.93. The van der Waals surface area contributed by atoms with E-state index in [2.05, 4.69) is 10.7 Å². The van der Waals surface area contributed by atoms with Gasteiger partial charge in [0.25, 0.3) is 0 Å². The average Bonchev–Trinajstić information content (AvgIpc) is 2.03. The third kappa shape index (κ3) is 1.65. The first-order valence-corrected chi connectivity index (χ1v) is 2.85. The molecule has 0 fully saturated rings. The van der Waals surface area contributed by atoms with Crippen molar-refractivity contribution in [3.8, 4) is 0 Å². The first-order valence-electron chi connectivity index (χ1n) is 2.85. The standard InChI is InChI=1S/C6H7N2O3/c7-11-6(9)5-2-1-3-8(10)4-5/h1-4,10H,7H2/q+1. The zero-order chi connectivity index (χ0) is 8.27. The molecule has 1 aromatic heterocycles. The lowest BCUT2D eigenvalue weighted by molar-refractivity contribution is -0.904. The Labute approximate surface area is 62.5 Å². The van der Waals surface area contributed by atoms with E-state index in [0.29, 0.717) is 0 Å². The number of carbonyl (C=O) groups excluding carboxylic acids is 1. The number of rotatable bonds is 1. The summed E-state index contributed by atoms with van der Waals surface area (Å²) >= 11 is 0. The number of hydrogen-bond acceptors (Lipinski definition) is 4. The van der Waals surface area contributed by atoms with Crippen LogP contribution in [-0.4, -0.2) is 11.2 Å². The molecular formula is C6H7N2O3+. The molecule has 5 nitrogen and oxygen atoms in total. The molecule has 1 heterocycles. The fourth-order valence-corrected chi connectivity index (χ4v) is 0.652. The monoisotopic (exact) mass is 155 g/mol. The molecule has 0 aliphatic rings. The molecule has 1 rings (SSSR count). The second-order valence-electron chi connectivity index (χ2n) is 1.88. The van der Waals surface area contributed by atoms with E-state index in [-0.39, 0.29) is 5.56 Å². The fourth-order valence-electron chi connectivity index (χ4n) is 0.652. The lowest BCUT2D eigenvalue weighted by atomic mass is 10.3. The fraction of sp³-hybridized carbons (Fsp3) is 0. The molecule has 5 heteroatoms. The van der Waals surface area contributed by atoms with Gasteiger partial charge in [-0.1, -0.05) is 0 Å². The van der Waals surface area contributed by atoms with Crippen molar-refractivity contribution in [3.63, 3.8) is 0 Å². The largest absolute Gasteiger partial charge is 0.369 e. The Hall–Kier alpha value is -1.62. The van der Waals surface area contributed by atoms with Crippen molar-refractivity contribution in [2.24, 2.45) is 5.90 Å². The summed E-state index contributed by atoms with van der Waals surface area (Å²) in [4.78, 5) is 14.6. The number of nitrogens with two attached hydrogens (primary N) is 1. The van der Waals surface area contributed by atoms with Crippen molar-refractivity contribution in [3.05, 3.63) is 30.1 Å². The van der Waals surface area contributed by atoms with E-state index in [1.165, 1.54) is 24.5 Å². The van der Waals surface area contributed by atoms with Crippen LogP contribution in [0.25, 0.3) is 0 Å². The first-order chi connectivity index (χ1) is 5.24. The van der Waals surface area contributed by atoms with Crippen LogP contribution in [0, 0.1) is 0 Å². The predicted molar refractivity (Wildman–Crippen MR) is 33.4 cm³/mol. The summed E-state index contributed by atoms with van der Waals surface area (Å²) in [5, 5.41) is 8.83. The highest BCUT2D eigenvalue weighted by atomic mass is 16.7. The highest BCUT2D eigenvalue weighted by Crippen LogP contribution is 1.94. The summed E-state index contributed by atoms with van der Waals surface area (Å²) in [6, 6.07) is 2.97. The molecular weight excluding hydrogens is 148 g/mol. The molecule has 0 unspecified atom stereocenters. The number of hydrogen-bond donors (Lipinski definition) is 2. The SMILES string of the molecule is NOC(=O)c1ccc[n+](O)c1. The molecule has 0 aromatic carbocycles. The summed E-state index contributed by atoms with van der Waals surface area (Å²) in [7, 11) is 0. The lowest BCUT2D eigenvalue weighted by Crippen LogP contribution is -2.30. The molecule has 0 aliphatic heterocycles. The Bertz CT molecular complexity index is 274. The van der Waals surface area contributed by atoms with E-state index in [0.717, 1.165) is 4.73 Å². The van der Waals surface area contributed by atoms with Gasteiger partial charge in [0, 0.05) is 10.8 Å². The topological polar surface area (TPSA) is 76.4 Å². The third-order valence-electron chi connectivity index (χ3n) is 1.13. The normalized spacial score (nSPS) is 9.18. The first kappa shape index (κ1) is 7.49. The Morgan fingerprint density at radius 3 is 3.00 bits per heavy atom. The van der Waals surface area contributed by atoms with Gasteiger partial charge in [-0.3, -0.25) is 5.21 Å². The van der Waals surface area contributed by atoms with Crippen molar-refractivity contribution in [2.45, 2.75) is 0 Å². The Morgan fingerprint density at radius 2 is 2.45 bits per heavy atom. The molecule has 0 saturated heterocycles. The van der Waals surface area contributed by atoms with Gasteiger partial charge < -0.3 is 4.84 Å². The van der Waals surface area contributed by atoms with Gasteiger partial charge in [-0.15, -0.1) is 0 Å². The van der Waals surface area contributed by atoms with Crippen LogP contribution < -0.4 is 10.6 Å². The van der Waals surface area contributed by atoms with Crippen LogP contribution in [-0.2, 0) is 4.84 Å². The molecule has 0 radical (unpaired) electrons. The van der Waals surface area contributed by atoms with Crippen LogP contribution in [0.15, 0.2) is 24.5 Å². The maximum Gasteiger partial charge on any atom is 0.362 e. The van der Waals surface area contributed by atoms with E-state index in [9.17, 15) is 4.79 Å². The van der Waals surface area contributed by atoms with E-state index in [4.69, 9.17) is 5.21 Å². The van der Waals surface area contributed by atoms with E-state index >= 15 is 0 Å². The van der Waals surface area contributed by atoms with Crippen molar-refractivity contribution in [2.75, 3.05) is 0 Å². The molecule has 58 valence electrons. The van der Waals surface area contributed by atoms with Crippen molar-refractivity contribution < 1.29 is 19.6 Å². The molecule has 0 amide bonds. The van der Waals surface area contributed by atoms with Crippen LogP contribution in [0.3, 0.4) is 0 Å². The molecule has 11 heavy (non-hydrogen) atoms. The van der Waals surface area contributed by atoms with Crippen LogP contribution in [0.4, 0.5) is 0 Å². The van der Waals surface area contributed by atoms with Crippen LogP contribution in [0.1, 0.15) is 10.4 Å². The Kier molecular flexibility index (Phi) is 2.03. The summed E-state index contributed by atoms with van der Waals surface area (Å²) < 4.78 is 0.742. The maximum atomic E-state index is 10.7. The molecule has 0 atom stereocenters. The van der Waals surface area contributed by atoms with Gasteiger partial charge >= 0.3 is 5.97 Å². The lowest BCUT2D eigenvalue weighted by Gasteiger charge is -1.92. The van der Waals surface area contributed by atoms with Gasteiger partial charge in [0.15, 0.2) is 0 Å². The minimum Gasteiger partial charge on any atom is -0.369 e. The van der Waals surface area contributed by atoms with Crippen LogP contribution in [0.5, 0.6) is 0 Å². The van der Waals surface area contributed by atoms with Gasteiger partial charge in [0.1, 0.15) is 5.56 Å². The van der Waals surface area contributed by atoms with Crippen molar-refractivity contribution in [1.82, 2.24) is 0 Å². The highest BCUT2D eigenvalue weighted by molar-refractivity contribution is 5.88. The van der Waals surface area contributed by atoms with E-state index < -0.39 is 5.97 Å². The number of pyridine rings is 1. The molecule has 0 bridgehead atoms. The zero-order valence-electron chi connectivity index (χ0n) is 5.60. The molecule has 0 spiro atoms. The molecule has 0 saturated carbocycles. The van der Waals surface area contributed by atoms with Gasteiger partial charge in [-0.25, -0.2) is 4.79 Å². The predicted octanol–water partition coefficient (Wildman–Crippen LogP) is -0.758. The van der Waals surface area contributed by atoms with Crippen LogP contribution >= 0.6 is 0 Å². The van der Waals surface area contributed by atoms with Crippen LogP contribution in [0.2, 0.25) is 0 Å². The average molecular weight is 155 g/mol. The van der Waals surface area contributed by atoms with Gasteiger partial charge in [0.2, 0.25) is 12.4 Å². The molecule has 1 aromatic rings. The van der Waals surface area contributed by atoms with Gasteiger partial charge in [-0.2, -0.15) is 5.90 Å². The summed E-state index contributed by atoms with van der Waals surface area (Å²) in [5.41, 5.74) is 0.192. The Morgan fingerprint density at radius 1 is 1.73 bits per heavy atom. The summed E-state index contributed by atoms with van der Waals surface area (Å²) in [6.45, 7) is 0. The van der Waals surface area contributed by atoms with E-state index in [1.807, 2.05) is 0 Å². The smallest absolute Gasteiger partial charge is 0.362 e. The minimum atomic E-state index is -0.687. The number of nitrogens with zero attached hydrogens (tertiary/aromatic N) is 1. The maximum absolute atomic E-state index is 10.7. The van der Waals surface area contributed by atoms with Gasteiger partial charge in [-0.05, 0) is 6.07 Å².